The number of nitrogens with zero attached hydrogens (tertiary/aromatic N) is 2. The third-order valence-corrected chi connectivity index (χ3v) is 2.88. The number of ether oxygens (including phenoxy) is 1. The molecule has 0 N–H and O–H groups in total. The Morgan fingerprint density at radius 2 is 2.17 bits per heavy atom. The van der Waals surface area contributed by atoms with E-state index in [9.17, 15) is 0 Å². The van der Waals surface area contributed by atoms with Crippen LogP contribution in [0.3, 0.4) is 0 Å². The Balaban J connectivity index is 2.46. The highest BCUT2D eigenvalue weighted by molar-refractivity contribution is 6.29. The summed E-state index contributed by atoms with van der Waals surface area (Å²) in [6.45, 7) is 4.21. The molecule has 1 atom stereocenters. The summed E-state index contributed by atoms with van der Waals surface area (Å²) in [6.07, 6.45) is 5.98. The maximum absolute atomic E-state index is 8.83. The van der Waals surface area contributed by atoms with Crippen molar-refractivity contribution in [1.29, 1.82) is 5.26 Å². The van der Waals surface area contributed by atoms with Gasteiger partial charge >= 0.3 is 0 Å². The van der Waals surface area contributed by atoms with Crippen LogP contribution in [0.5, 0.6) is 5.88 Å². The van der Waals surface area contributed by atoms with Crippen molar-refractivity contribution in [1.82, 2.24) is 4.98 Å². The molecule has 0 aliphatic rings. The number of aromatic nitrogens is 1. The van der Waals surface area contributed by atoms with Crippen LogP contribution in [0.1, 0.15) is 51.5 Å². The summed E-state index contributed by atoms with van der Waals surface area (Å²) in [5.41, 5.74) is 0.475. The van der Waals surface area contributed by atoms with Crippen molar-refractivity contribution in [2.75, 3.05) is 0 Å². The van der Waals surface area contributed by atoms with Crippen LogP contribution in [0.25, 0.3) is 0 Å². The lowest BCUT2D eigenvalue weighted by molar-refractivity contribution is 0.198. The smallest absolute Gasteiger partial charge is 0.216 e. The van der Waals surface area contributed by atoms with E-state index in [1.54, 1.807) is 6.07 Å². The minimum Gasteiger partial charge on any atom is -0.475 e. The van der Waals surface area contributed by atoms with Gasteiger partial charge in [-0.2, -0.15) is 5.26 Å². The lowest BCUT2D eigenvalue weighted by atomic mass is 10.1. The van der Waals surface area contributed by atoms with E-state index < -0.39 is 0 Å². The lowest BCUT2D eigenvalue weighted by Crippen LogP contribution is -2.12. The first-order valence-electron chi connectivity index (χ1n) is 6.40. The van der Waals surface area contributed by atoms with Crippen LogP contribution in [0, 0.1) is 11.3 Å². The predicted molar refractivity (Wildman–Crippen MR) is 72.8 cm³/mol. The molecule has 1 aromatic rings. The zero-order chi connectivity index (χ0) is 13.4. The molecule has 0 amide bonds. The van der Waals surface area contributed by atoms with Gasteiger partial charge in [-0.05, 0) is 25.8 Å². The highest BCUT2D eigenvalue weighted by Crippen LogP contribution is 2.18. The van der Waals surface area contributed by atoms with Gasteiger partial charge in [-0.3, -0.25) is 0 Å². The van der Waals surface area contributed by atoms with E-state index in [1.165, 1.54) is 25.3 Å². The molecule has 0 bridgehead atoms. The summed E-state index contributed by atoms with van der Waals surface area (Å²) in [5.74, 6) is 0.432. The Kier molecular flexibility index (Phi) is 6.53. The summed E-state index contributed by atoms with van der Waals surface area (Å²) in [7, 11) is 0. The summed E-state index contributed by atoms with van der Waals surface area (Å²) >= 11 is 5.82. The van der Waals surface area contributed by atoms with E-state index in [2.05, 4.69) is 11.9 Å². The number of unbranched alkanes of at least 4 members (excludes halogenated alkanes) is 3. The Morgan fingerprint density at radius 1 is 1.39 bits per heavy atom. The molecule has 18 heavy (non-hydrogen) atoms. The molecule has 0 aliphatic carbocycles. The van der Waals surface area contributed by atoms with E-state index in [0.29, 0.717) is 16.6 Å². The Morgan fingerprint density at radius 3 is 2.83 bits per heavy atom. The minimum atomic E-state index is 0.0966. The topological polar surface area (TPSA) is 45.9 Å². The first kappa shape index (κ1) is 14.8. The predicted octanol–water partition coefficient (Wildman–Crippen LogP) is 4.34. The third kappa shape index (κ3) is 5.37. The van der Waals surface area contributed by atoms with Crippen molar-refractivity contribution in [3.8, 4) is 11.9 Å². The Bertz CT molecular complexity index is 415. The first-order valence-corrected chi connectivity index (χ1v) is 6.77. The van der Waals surface area contributed by atoms with Crippen molar-refractivity contribution in [3.63, 3.8) is 0 Å². The van der Waals surface area contributed by atoms with Crippen LogP contribution < -0.4 is 4.74 Å². The normalized spacial score (nSPS) is 11.9. The van der Waals surface area contributed by atoms with Gasteiger partial charge in [-0.15, -0.1) is 0 Å². The van der Waals surface area contributed by atoms with Gasteiger partial charge in [-0.1, -0.05) is 37.8 Å². The third-order valence-electron chi connectivity index (χ3n) is 2.69. The summed E-state index contributed by atoms with van der Waals surface area (Å²) in [6, 6.07) is 5.18. The SMILES string of the molecule is CCCCCCC(C)Oc1cc(C#N)cc(Cl)n1. The quantitative estimate of drug-likeness (QED) is 0.545. The van der Waals surface area contributed by atoms with Gasteiger partial charge in [0.05, 0.1) is 17.7 Å². The lowest BCUT2D eigenvalue weighted by Gasteiger charge is -2.13. The van der Waals surface area contributed by atoms with Crippen LogP contribution in [0.4, 0.5) is 0 Å². The second-order valence-electron chi connectivity index (χ2n) is 4.41. The zero-order valence-corrected chi connectivity index (χ0v) is 11.7. The number of rotatable bonds is 7. The van der Waals surface area contributed by atoms with Crippen LogP contribution in [-0.4, -0.2) is 11.1 Å². The molecule has 1 aromatic heterocycles. The molecule has 98 valence electrons. The minimum absolute atomic E-state index is 0.0966. The van der Waals surface area contributed by atoms with Gasteiger partial charge < -0.3 is 4.74 Å². The molecular weight excluding hydrogens is 248 g/mol. The average Bonchev–Trinajstić information content (AvgIpc) is 2.34. The maximum atomic E-state index is 8.83. The molecule has 1 heterocycles. The molecule has 0 fully saturated rings. The monoisotopic (exact) mass is 266 g/mol. The molecule has 3 nitrogen and oxygen atoms in total. The fourth-order valence-corrected chi connectivity index (χ4v) is 1.92. The largest absolute Gasteiger partial charge is 0.475 e. The van der Waals surface area contributed by atoms with Gasteiger partial charge in [0.2, 0.25) is 5.88 Å². The fourth-order valence-electron chi connectivity index (χ4n) is 1.72. The van der Waals surface area contributed by atoms with Crippen LogP contribution >= 0.6 is 11.6 Å². The summed E-state index contributed by atoms with van der Waals surface area (Å²) < 4.78 is 5.67. The van der Waals surface area contributed by atoms with E-state index in [0.717, 1.165) is 12.8 Å². The van der Waals surface area contributed by atoms with Crippen molar-refractivity contribution < 1.29 is 4.74 Å². The molecule has 1 unspecified atom stereocenters. The highest BCUT2D eigenvalue weighted by Gasteiger charge is 2.07. The molecule has 1 rings (SSSR count). The molecule has 0 saturated heterocycles. The van der Waals surface area contributed by atoms with Crippen molar-refractivity contribution in [3.05, 3.63) is 22.8 Å². The van der Waals surface area contributed by atoms with Crippen LogP contribution in [0.15, 0.2) is 12.1 Å². The molecule has 0 aliphatic heterocycles. The number of hydrogen-bond acceptors (Lipinski definition) is 3. The molecule has 0 saturated carbocycles. The van der Waals surface area contributed by atoms with Gasteiger partial charge in [-0.25, -0.2) is 4.98 Å². The second kappa shape index (κ2) is 7.94. The van der Waals surface area contributed by atoms with Crippen molar-refractivity contribution in [2.45, 2.75) is 52.1 Å². The maximum Gasteiger partial charge on any atom is 0.216 e. The highest BCUT2D eigenvalue weighted by atomic mass is 35.5. The van der Waals surface area contributed by atoms with E-state index in [4.69, 9.17) is 21.6 Å². The zero-order valence-electron chi connectivity index (χ0n) is 10.9. The fraction of sp³-hybridized carbons (Fsp3) is 0.571. The van der Waals surface area contributed by atoms with E-state index >= 15 is 0 Å². The first-order chi connectivity index (χ1) is 8.65. The Hall–Kier alpha value is -1.27. The van der Waals surface area contributed by atoms with Crippen LogP contribution in [0.2, 0.25) is 5.15 Å². The standard InChI is InChI=1S/C14H19ClN2O/c1-3-4-5-6-7-11(2)18-14-9-12(10-16)8-13(15)17-14/h8-9,11H,3-7H2,1-2H3. The van der Waals surface area contributed by atoms with Gasteiger partial charge in [0.25, 0.3) is 0 Å². The van der Waals surface area contributed by atoms with Crippen molar-refractivity contribution in [2.24, 2.45) is 0 Å². The number of pyridine rings is 1. The van der Waals surface area contributed by atoms with Crippen LogP contribution in [-0.2, 0) is 0 Å². The number of nitriles is 1. The van der Waals surface area contributed by atoms with Gasteiger partial charge in [0.15, 0.2) is 0 Å². The number of halogens is 1. The molecule has 0 radical (unpaired) electrons. The van der Waals surface area contributed by atoms with E-state index in [-0.39, 0.29) is 6.10 Å². The molecule has 0 aromatic carbocycles. The Labute approximate surface area is 114 Å². The summed E-state index contributed by atoms with van der Waals surface area (Å²) in [4.78, 5) is 4.06. The second-order valence-corrected chi connectivity index (χ2v) is 4.79. The summed E-state index contributed by atoms with van der Waals surface area (Å²) in [5, 5.41) is 9.12. The van der Waals surface area contributed by atoms with E-state index in [1.807, 2.05) is 13.0 Å². The van der Waals surface area contributed by atoms with Gasteiger partial charge in [0, 0.05) is 6.07 Å². The molecule has 0 spiro atoms. The number of hydrogen-bond donors (Lipinski definition) is 0. The molecule has 4 heteroatoms. The average molecular weight is 267 g/mol. The van der Waals surface area contributed by atoms with Crippen molar-refractivity contribution >= 4 is 11.6 Å². The molecular formula is C14H19ClN2O. The van der Waals surface area contributed by atoms with Gasteiger partial charge in [0.1, 0.15) is 5.15 Å².